The fraction of sp³-hybridized carbons (Fsp3) is 0.385. The van der Waals surface area contributed by atoms with Gasteiger partial charge in [0.1, 0.15) is 6.61 Å². The molecule has 0 aromatic heterocycles. The second kappa shape index (κ2) is 8.33. The van der Waals surface area contributed by atoms with E-state index >= 15 is 0 Å². The van der Waals surface area contributed by atoms with E-state index in [2.05, 4.69) is 5.32 Å². The van der Waals surface area contributed by atoms with Crippen molar-refractivity contribution >= 4 is 23.5 Å². The first kappa shape index (κ1) is 17.1. The lowest BCUT2D eigenvalue weighted by Gasteiger charge is -2.12. The van der Waals surface area contributed by atoms with E-state index in [1.165, 1.54) is 26.4 Å². The molecule has 0 spiro atoms. The molecule has 0 bridgehead atoms. The number of carboxylic acids is 1. The maximum Gasteiger partial charge on any atom is 0.329 e. The highest BCUT2D eigenvalue weighted by atomic mass is 35.5. The Morgan fingerprint density at radius 3 is 2.57 bits per heavy atom. The average Bonchev–Trinajstić information content (AvgIpc) is 2.45. The molecule has 0 unspecified atom stereocenters. The van der Waals surface area contributed by atoms with Crippen LogP contribution in [0.5, 0.6) is 11.5 Å². The number of carbonyl (C=O) groups is 2. The van der Waals surface area contributed by atoms with Gasteiger partial charge in [0.15, 0.2) is 11.5 Å². The zero-order chi connectivity index (χ0) is 15.8. The normalized spacial score (nSPS) is 10.0. The van der Waals surface area contributed by atoms with Gasteiger partial charge in [-0.05, 0) is 12.1 Å². The zero-order valence-corrected chi connectivity index (χ0v) is 12.4. The minimum atomic E-state index is -1.06. The van der Waals surface area contributed by atoms with Crippen LogP contribution in [0, 0.1) is 0 Å². The van der Waals surface area contributed by atoms with Crippen LogP contribution in [0.25, 0.3) is 0 Å². The molecule has 1 amide bonds. The molecular weight excluding hydrogens is 302 g/mol. The van der Waals surface area contributed by atoms with Gasteiger partial charge in [-0.2, -0.15) is 0 Å². The Hall–Kier alpha value is -1.99. The number of nitrogens with one attached hydrogen (secondary N) is 1. The number of methoxy groups -OCH3 is 2. The smallest absolute Gasteiger partial charge is 0.329 e. The molecule has 1 aromatic carbocycles. The lowest BCUT2D eigenvalue weighted by atomic mass is 10.2. The summed E-state index contributed by atoms with van der Waals surface area (Å²) in [5, 5.41) is 11.2. The number of rotatable bonds is 8. The van der Waals surface area contributed by atoms with Crippen molar-refractivity contribution in [3.63, 3.8) is 0 Å². The van der Waals surface area contributed by atoms with E-state index in [0.717, 1.165) is 0 Å². The third-order valence-corrected chi connectivity index (χ3v) is 2.73. The van der Waals surface area contributed by atoms with Crippen LogP contribution in [0.4, 0.5) is 0 Å². The first-order chi connectivity index (χ1) is 9.99. The number of benzene rings is 1. The molecule has 0 aliphatic carbocycles. The number of carbonyl (C=O) groups excluding carboxylic acids is 1. The average molecular weight is 318 g/mol. The number of carboxylic acid groups (broad SMARTS) is 1. The van der Waals surface area contributed by atoms with E-state index in [1.807, 2.05) is 0 Å². The van der Waals surface area contributed by atoms with Crippen molar-refractivity contribution in [2.24, 2.45) is 0 Å². The first-order valence-corrected chi connectivity index (χ1v) is 6.36. The number of hydrogen-bond donors (Lipinski definition) is 2. The number of amides is 1. The molecule has 8 heteroatoms. The highest BCUT2D eigenvalue weighted by Crippen LogP contribution is 2.35. The molecule has 0 aliphatic heterocycles. The van der Waals surface area contributed by atoms with Gasteiger partial charge in [-0.3, -0.25) is 4.79 Å². The second-order valence-electron chi connectivity index (χ2n) is 3.90. The summed E-state index contributed by atoms with van der Waals surface area (Å²) in [5.74, 6) is -0.748. The van der Waals surface area contributed by atoms with E-state index in [-0.39, 0.29) is 24.1 Å². The van der Waals surface area contributed by atoms with E-state index in [4.69, 9.17) is 30.9 Å². The molecule has 116 valence electrons. The highest BCUT2D eigenvalue weighted by molar-refractivity contribution is 6.32. The summed E-state index contributed by atoms with van der Waals surface area (Å²) in [6.45, 7) is -0.130. The number of aliphatic carboxylic acids is 1. The van der Waals surface area contributed by atoms with Gasteiger partial charge >= 0.3 is 5.97 Å². The Morgan fingerprint density at radius 2 is 2.00 bits per heavy atom. The van der Waals surface area contributed by atoms with Gasteiger partial charge in [-0.1, -0.05) is 11.6 Å². The van der Waals surface area contributed by atoms with Crippen LogP contribution in [0.15, 0.2) is 12.1 Å². The molecule has 0 saturated heterocycles. The number of halogens is 1. The summed E-state index contributed by atoms with van der Waals surface area (Å²) >= 11 is 6.00. The maximum atomic E-state index is 11.9. The third-order valence-electron chi connectivity index (χ3n) is 2.45. The van der Waals surface area contributed by atoms with Crippen molar-refractivity contribution < 1.29 is 28.9 Å². The van der Waals surface area contributed by atoms with E-state index in [9.17, 15) is 9.59 Å². The summed E-state index contributed by atoms with van der Waals surface area (Å²) in [7, 11) is 2.89. The summed E-state index contributed by atoms with van der Waals surface area (Å²) < 4.78 is 15.0. The van der Waals surface area contributed by atoms with Gasteiger partial charge in [0, 0.05) is 12.1 Å². The van der Waals surface area contributed by atoms with Gasteiger partial charge in [0.2, 0.25) is 0 Å². The Morgan fingerprint density at radius 1 is 1.29 bits per heavy atom. The predicted octanol–water partition coefficient (Wildman–Crippen LogP) is 1.19. The monoisotopic (exact) mass is 317 g/mol. The molecule has 2 N–H and O–H groups in total. The summed E-state index contributed by atoms with van der Waals surface area (Å²) in [6, 6.07) is 2.95. The minimum absolute atomic E-state index is 0.0963. The number of hydrogen-bond acceptors (Lipinski definition) is 5. The second-order valence-corrected chi connectivity index (χ2v) is 4.30. The lowest BCUT2D eigenvalue weighted by molar-refractivity contribution is -0.142. The van der Waals surface area contributed by atoms with Crippen molar-refractivity contribution in [1.29, 1.82) is 0 Å². The van der Waals surface area contributed by atoms with Crippen molar-refractivity contribution in [1.82, 2.24) is 5.32 Å². The van der Waals surface area contributed by atoms with Crippen molar-refractivity contribution in [2.75, 3.05) is 34.0 Å². The molecule has 1 aromatic rings. The molecule has 7 nitrogen and oxygen atoms in total. The molecule has 21 heavy (non-hydrogen) atoms. The standard InChI is InChI=1S/C13H16ClNO6/c1-19-10-6-8(5-9(14)12(10)20-2)13(18)15-3-4-21-7-11(16)17/h5-6H,3-4,7H2,1-2H3,(H,15,18)(H,16,17). The Labute approximate surface area is 126 Å². The SMILES string of the molecule is COc1cc(C(=O)NCCOCC(=O)O)cc(Cl)c1OC. The lowest BCUT2D eigenvalue weighted by Crippen LogP contribution is -2.28. The predicted molar refractivity (Wildman–Crippen MR) is 75.3 cm³/mol. The van der Waals surface area contributed by atoms with Crippen LogP contribution in [0.3, 0.4) is 0 Å². The fourth-order valence-electron chi connectivity index (χ4n) is 1.55. The van der Waals surface area contributed by atoms with Crippen LogP contribution in [0.2, 0.25) is 5.02 Å². The Bertz CT molecular complexity index is 520. The van der Waals surface area contributed by atoms with Crippen molar-refractivity contribution in [2.45, 2.75) is 0 Å². The van der Waals surface area contributed by atoms with Crippen LogP contribution < -0.4 is 14.8 Å². The molecule has 0 radical (unpaired) electrons. The Balaban J connectivity index is 2.62. The Kier molecular flexibility index (Phi) is 6.77. The van der Waals surface area contributed by atoms with Gasteiger partial charge in [-0.15, -0.1) is 0 Å². The number of ether oxygens (including phenoxy) is 3. The highest BCUT2D eigenvalue weighted by Gasteiger charge is 2.14. The summed E-state index contributed by atoms with van der Waals surface area (Å²) in [5.41, 5.74) is 0.302. The van der Waals surface area contributed by atoms with E-state index in [1.54, 1.807) is 0 Å². The summed E-state index contributed by atoms with van der Waals surface area (Å²) in [6.07, 6.45) is 0. The van der Waals surface area contributed by atoms with Crippen molar-refractivity contribution in [3.05, 3.63) is 22.7 Å². The molecule has 0 aliphatic rings. The van der Waals surface area contributed by atoms with Crippen molar-refractivity contribution in [3.8, 4) is 11.5 Å². The molecule has 0 atom stereocenters. The van der Waals surface area contributed by atoms with Gasteiger partial charge in [0.25, 0.3) is 5.91 Å². The topological polar surface area (TPSA) is 94.1 Å². The largest absolute Gasteiger partial charge is 0.493 e. The molecule has 1 rings (SSSR count). The van der Waals surface area contributed by atoms with Gasteiger partial charge in [0.05, 0.1) is 25.8 Å². The maximum absolute atomic E-state index is 11.9. The van der Waals surface area contributed by atoms with E-state index in [0.29, 0.717) is 17.1 Å². The molecule has 0 heterocycles. The van der Waals surface area contributed by atoms with Crippen LogP contribution >= 0.6 is 11.6 Å². The molecule has 0 saturated carbocycles. The summed E-state index contributed by atoms with van der Waals surface area (Å²) in [4.78, 5) is 22.2. The van der Waals surface area contributed by atoms with Crippen LogP contribution in [0.1, 0.15) is 10.4 Å². The molecular formula is C13H16ClNO6. The van der Waals surface area contributed by atoms with Crippen LogP contribution in [-0.4, -0.2) is 51.0 Å². The van der Waals surface area contributed by atoms with E-state index < -0.39 is 12.6 Å². The first-order valence-electron chi connectivity index (χ1n) is 5.98. The van der Waals surface area contributed by atoms with Gasteiger partial charge < -0.3 is 24.6 Å². The molecule has 0 fully saturated rings. The quantitative estimate of drug-likeness (QED) is 0.699. The van der Waals surface area contributed by atoms with Gasteiger partial charge in [-0.25, -0.2) is 4.79 Å². The minimum Gasteiger partial charge on any atom is -0.493 e. The van der Waals surface area contributed by atoms with Crippen LogP contribution in [-0.2, 0) is 9.53 Å². The zero-order valence-electron chi connectivity index (χ0n) is 11.6. The third kappa shape index (κ3) is 5.13. The fourth-order valence-corrected chi connectivity index (χ4v) is 1.84.